The normalized spacial score (nSPS) is 11.3. The van der Waals surface area contributed by atoms with E-state index in [0.29, 0.717) is 5.56 Å². The SMILES string of the molecule is O=[N+]([O-])c1ccc(S(=O)(=O)Nc2ncn(Cc3ccc(F)cc3Cl)n2)cc1. The van der Waals surface area contributed by atoms with Gasteiger partial charge in [-0.3, -0.25) is 10.1 Å². The zero-order valence-electron chi connectivity index (χ0n) is 13.4. The summed E-state index contributed by atoms with van der Waals surface area (Å²) in [5.74, 6) is -0.662. The highest BCUT2D eigenvalue weighted by Crippen LogP contribution is 2.19. The molecule has 0 amide bonds. The Hall–Kier alpha value is -3.05. The molecule has 0 saturated heterocycles. The van der Waals surface area contributed by atoms with Gasteiger partial charge in [0.15, 0.2) is 0 Å². The predicted molar refractivity (Wildman–Crippen MR) is 94.4 cm³/mol. The maximum atomic E-state index is 13.1. The molecule has 27 heavy (non-hydrogen) atoms. The van der Waals surface area contributed by atoms with E-state index in [-0.39, 0.29) is 28.1 Å². The molecule has 1 N–H and O–H groups in total. The monoisotopic (exact) mass is 411 g/mol. The third kappa shape index (κ3) is 4.38. The van der Waals surface area contributed by atoms with Crippen molar-refractivity contribution >= 4 is 33.3 Å². The van der Waals surface area contributed by atoms with Crippen LogP contribution in [-0.2, 0) is 16.6 Å². The molecule has 9 nitrogen and oxygen atoms in total. The van der Waals surface area contributed by atoms with Gasteiger partial charge >= 0.3 is 0 Å². The summed E-state index contributed by atoms with van der Waals surface area (Å²) in [5.41, 5.74) is 0.347. The summed E-state index contributed by atoms with van der Waals surface area (Å²) in [7, 11) is -4.02. The lowest BCUT2D eigenvalue weighted by Gasteiger charge is -2.05. The van der Waals surface area contributed by atoms with Gasteiger partial charge in [-0.25, -0.2) is 22.2 Å². The third-order valence-corrected chi connectivity index (χ3v) is 5.16. The molecule has 0 aliphatic heterocycles. The number of nitrogens with zero attached hydrogens (tertiary/aromatic N) is 4. The minimum Gasteiger partial charge on any atom is -0.258 e. The molecular weight excluding hydrogens is 401 g/mol. The first-order valence-electron chi connectivity index (χ1n) is 7.35. The largest absolute Gasteiger partial charge is 0.269 e. The van der Waals surface area contributed by atoms with Crippen LogP contribution in [0.2, 0.25) is 5.02 Å². The van der Waals surface area contributed by atoms with Crippen molar-refractivity contribution in [1.82, 2.24) is 14.8 Å². The Bertz CT molecular complexity index is 1100. The van der Waals surface area contributed by atoms with Gasteiger partial charge < -0.3 is 0 Å². The number of hydrogen-bond donors (Lipinski definition) is 1. The van der Waals surface area contributed by atoms with Crippen molar-refractivity contribution in [2.75, 3.05) is 4.72 Å². The fourth-order valence-electron chi connectivity index (χ4n) is 2.17. The first kappa shape index (κ1) is 18.7. The molecule has 12 heteroatoms. The Balaban J connectivity index is 1.75. The van der Waals surface area contributed by atoms with Gasteiger partial charge in [0.1, 0.15) is 12.1 Å². The van der Waals surface area contributed by atoms with Crippen LogP contribution >= 0.6 is 11.6 Å². The first-order chi connectivity index (χ1) is 12.7. The number of non-ortho nitro benzene ring substituents is 1. The van der Waals surface area contributed by atoms with E-state index in [4.69, 9.17) is 11.6 Å². The van der Waals surface area contributed by atoms with Gasteiger partial charge in [0.05, 0.1) is 16.4 Å². The average Bonchev–Trinajstić information content (AvgIpc) is 3.04. The molecule has 2 aromatic carbocycles. The summed E-state index contributed by atoms with van der Waals surface area (Å²) in [4.78, 5) is 13.7. The summed E-state index contributed by atoms with van der Waals surface area (Å²) < 4.78 is 41.2. The van der Waals surface area contributed by atoms with Gasteiger partial charge in [0.2, 0.25) is 0 Å². The van der Waals surface area contributed by atoms with E-state index in [1.54, 1.807) is 0 Å². The van der Waals surface area contributed by atoms with Gasteiger partial charge in [0, 0.05) is 17.2 Å². The van der Waals surface area contributed by atoms with Crippen LogP contribution in [-0.4, -0.2) is 28.1 Å². The zero-order valence-corrected chi connectivity index (χ0v) is 15.0. The van der Waals surface area contributed by atoms with Gasteiger partial charge in [-0.2, -0.15) is 4.98 Å². The first-order valence-corrected chi connectivity index (χ1v) is 9.21. The maximum absolute atomic E-state index is 13.1. The Morgan fingerprint density at radius 2 is 1.93 bits per heavy atom. The molecule has 0 aliphatic rings. The second kappa shape index (κ2) is 7.29. The molecule has 0 radical (unpaired) electrons. The fraction of sp³-hybridized carbons (Fsp3) is 0.0667. The second-order valence-electron chi connectivity index (χ2n) is 5.36. The molecule has 1 heterocycles. The molecule has 0 unspecified atom stereocenters. The van der Waals surface area contributed by atoms with E-state index in [1.165, 1.54) is 23.1 Å². The van der Waals surface area contributed by atoms with Crippen molar-refractivity contribution in [2.45, 2.75) is 11.4 Å². The van der Waals surface area contributed by atoms with Crippen molar-refractivity contribution in [3.63, 3.8) is 0 Å². The van der Waals surface area contributed by atoms with Crippen molar-refractivity contribution in [3.8, 4) is 0 Å². The lowest BCUT2D eigenvalue weighted by molar-refractivity contribution is -0.384. The molecule has 0 bridgehead atoms. The number of aromatic nitrogens is 3. The van der Waals surface area contributed by atoms with Gasteiger partial charge in [0.25, 0.3) is 21.7 Å². The second-order valence-corrected chi connectivity index (χ2v) is 7.45. The van der Waals surface area contributed by atoms with Crippen molar-refractivity contribution in [2.24, 2.45) is 0 Å². The summed E-state index contributed by atoms with van der Waals surface area (Å²) >= 11 is 5.95. The average molecular weight is 412 g/mol. The van der Waals surface area contributed by atoms with Gasteiger partial charge in [-0.15, -0.1) is 5.10 Å². The van der Waals surface area contributed by atoms with E-state index in [0.717, 1.165) is 30.3 Å². The number of nitro groups is 1. The molecule has 0 fully saturated rings. The van der Waals surface area contributed by atoms with Crippen LogP contribution in [0.4, 0.5) is 16.0 Å². The highest BCUT2D eigenvalue weighted by Gasteiger charge is 2.18. The molecule has 1 aromatic heterocycles. The van der Waals surface area contributed by atoms with Crippen molar-refractivity contribution < 1.29 is 17.7 Å². The summed E-state index contributed by atoms with van der Waals surface area (Å²) in [5, 5.41) is 14.8. The molecular formula is C15H11ClFN5O4S. The van der Waals surface area contributed by atoms with Gasteiger partial charge in [-0.1, -0.05) is 17.7 Å². The molecule has 0 saturated carbocycles. The molecule has 0 aliphatic carbocycles. The number of nitro benzene ring substituents is 1. The van der Waals surface area contributed by atoms with Crippen molar-refractivity contribution in [3.05, 3.63) is 75.3 Å². The predicted octanol–water partition coefficient (Wildman–Crippen LogP) is 2.83. The number of nitrogens with one attached hydrogen (secondary N) is 1. The van der Waals surface area contributed by atoms with E-state index >= 15 is 0 Å². The topological polar surface area (TPSA) is 120 Å². The number of hydrogen-bond acceptors (Lipinski definition) is 6. The molecule has 0 atom stereocenters. The maximum Gasteiger partial charge on any atom is 0.269 e. The Labute approximate surface area is 157 Å². The van der Waals surface area contributed by atoms with Crippen LogP contribution in [0.3, 0.4) is 0 Å². The molecule has 140 valence electrons. The Morgan fingerprint density at radius 3 is 2.56 bits per heavy atom. The summed E-state index contributed by atoms with van der Waals surface area (Å²) in [6, 6.07) is 8.27. The number of sulfonamides is 1. The number of rotatable bonds is 6. The molecule has 0 spiro atoms. The highest BCUT2D eigenvalue weighted by molar-refractivity contribution is 7.92. The molecule has 3 rings (SSSR count). The van der Waals surface area contributed by atoms with E-state index in [2.05, 4.69) is 14.8 Å². The minimum atomic E-state index is -4.02. The summed E-state index contributed by atoms with van der Waals surface area (Å²) in [6.45, 7) is 0.158. The Kier molecular flexibility index (Phi) is 5.06. The third-order valence-electron chi connectivity index (χ3n) is 3.47. The molecule has 3 aromatic rings. The minimum absolute atomic E-state index is 0.158. The quantitative estimate of drug-likeness (QED) is 0.492. The lowest BCUT2D eigenvalue weighted by Crippen LogP contribution is -2.14. The van der Waals surface area contributed by atoms with Crippen LogP contribution < -0.4 is 4.72 Å². The summed E-state index contributed by atoms with van der Waals surface area (Å²) in [6.07, 6.45) is 1.29. The van der Waals surface area contributed by atoms with E-state index in [9.17, 15) is 22.9 Å². The van der Waals surface area contributed by atoms with Crippen LogP contribution in [0.25, 0.3) is 0 Å². The number of benzene rings is 2. The van der Waals surface area contributed by atoms with E-state index < -0.39 is 20.8 Å². The lowest BCUT2D eigenvalue weighted by atomic mass is 10.2. The fourth-order valence-corrected chi connectivity index (χ4v) is 3.34. The Morgan fingerprint density at radius 1 is 1.22 bits per heavy atom. The van der Waals surface area contributed by atoms with Gasteiger partial charge in [-0.05, 0) is 29.8 Å². The van der Waals surface area contributed by atoms with E-state index in [1.807, 2.05) is 0 Å². The standard InChI is InChI=1S/C15H11ClFN5O4S/c16-14-7-11(17)2-1-10(14)8-21-9-18-15(19-21)20-27(25,26)13-5-3-12(4-6-13)22(23)24/h1-7,9H,8H2,(H,19,20). The van der Waals surface area contributed by atoms with Crippen LogP contribution in [0.15, 0.2) is 53.7 Å². The number of anilines is 1. The number of halogens is 2. The smallest absolute Gasteiger partial charge is 0.258 e. The van der Waals surface area contributed by atoms with Crippen LogP contribution in [0.5, 0.6) is 0 Å². The van der Waals surface area contributed by atoms with Crippen molar-refractivity contribution in [1.29, 1.82) is 0 Å². The van der Waals surface area contributed by atoms with Crippen LogP contribution in [0.1, 0.15) is 5.56 Å². The highest BCUT2D eigenvalue weighted by atomic mass is 35.5. The zero-order chi connectivity index (χ0) is 19.6. The van der Waals surface area contributed by atoms with Crippen LogP contribution in [0, 0.1) is 15.9 Å².